The molecular weight excluding hydrogens is 314 g/mol. The lowest BCUT2D eigenvalue weighted by Gasteiger charge is -2.22. The average molecular weight is 335 g/mol. The maximum atomic E-state index is 12.6. The van der Waals surface area contributed by atoms with Crippen LogP contribution >= 0.6 is 0 Å². The summed E-state index contributed by atoms with van der Waals surface area (Å²) in [6, 6.07) is 16.1. The molecule has 1 aliphatic heterocycles. The number of nitrogens with zero attached hydrogens (tertiary/aromatic N) is 1. The van der Waals surface area contributed by atoms with Crippen molar-refractivity contribution < 1.29 is 14.7 Å². The quantitative estimate of drug-likeness (QED) is 0.928. The van der Waals surface area contributed by atoms with Crippen LogP contribution in [0.2, 0.25) is 0 Å². The number of fused-ring (bicyclic) bond motifs is 3. The maximum Gasteiger partial charge on any atom is 0.326 e. The number of hydrogen-bond donors (Lipinski definition) is 1. The van der Waals surface area contributed by atoms with Gasteiger partial charge in [-0.05, 0) is 41.5 Å². The molecule has 2 aromatic rings. The molecule has 1 aliphatic carbocycles. The summed E-state index contributed by atoms with van der Waals surface area (Å²) in [6.07, 6.45) is 2.45. The van der Waals surface area contributed by atoms with Gasteiger partial charge in [-0.25, -0.2) is 4.79 Å². The van der Waals surface area contributed by atoms with E-state index in [2.05, 4.69) is 24.3 Å². The highest BCUT2D eigenvalue weighted by Gasteiger charge is 2.35. The van der Waals surface area contributed by atoms with Gasteiger partial charge in [-0.15, -0.1) is 0 Å². The lowest BCUT2D eigenvalue weighted by molar-refractivity contribution is -0.148. The molecule has 0 aromatic heterocycles. The second-order valence-electron chi connectivity index (χ2n) is 6.85. The van der Waals surface area contributed by atoms with Crippen molar-refractivity contribution in [1.82, 2.24) is 4.90 Å². The fraction of sp³-hybridized carbons (Fsp3) is 0.333. The highest BCUT2D eigenvalue weighted by Crippen LogP contribution is 2.46. The van der Waals surface area contributed by atoms with Gasteiger partial charge in [-0.3, -0.25) is 4.79 Å². The first kappa shape index (κ1) is 15.9. The van der Waals surface area contributed by atoms with Crippen molar-refractivity contribution in [2.24, 2.45) is 0 Å². The van der Waals surface area contributed by atoms with Crippen molar-refractivity contribution in [2.75, 3.05) is 6.54 Å². The Morgan fingerprint density at radius 2 is 1.60 bits per heavy atom. The molecule has 0 saturated carbocycles. The number of carbonyl (C=O) groups excluding carboxylic acids is 1. The molecular formula is C21H21NO3. The largest absolute Gasteiger partial charge is 0.480 e. The standard InChI is InChI=1S/C21H21NO3/c23-20(22-13-5-10-19(22)21(24)25)12-11-18-16-8-3-1-6-14(16)15-7-2-4-9-17(15)18/h1-4,6-9,18-19H,5,10-13H2,(H,24,25)/t19-/m1/s1. The summed E-state index contributed by atoms with van der Waals surface area (Å²) in [5, 5.41) is 9.28. The van der Waals surface area contributed by atoms with Gasteiger partial charge in [0.15, 0.2) is 0 Å². The van der Waals surface area contributed by atoms with Gasteiger partial charge in [0.1, 0.15) is 6.04 Å². The lowest BCUT2D eigenvalue weighted by Crippen LogP contribution is -2.40. The summed E-state index contributed by atoms with van der Waals surface area (Å²) < 4.78 is 0. The van der Waals surface area contributed by atoms with Gasteiger partial charge in [0.2, 0.25) is 5.91 Å². The molecule has 0 radical (unpaired) electrons. The van der Waals surface area contributed by atoms with E-state index in [9.17, 15) is 14.7 Å². The highest BCUT2D eigenvalue weighted by atomic mass is 16.4. The van der Waals surface area contributed by atoms with E-state index in [1.165, 1.54) is 22.3 Å². The summed E-state index contributed by atoms with van der Waals surface area (Å²) >= 11 is 0. The molecule has 4 heteroatoms. The van der Waals surface area contributed by atoms with Crippen molar-refractivity contribution >= 4 is 11.9 Å². The van der Waals surface area contributed by atoms with Gasteiger partial charge < -0.3 is 10.0 Å². The Balaban J connectivity index is 1.53. The Bertz CT molecular complexity index is 784. The zero-order valence-electron chi connectivity index (χ0n) is 14.0. The molecule has 0 bridgehead atoms. The molecule has 25 heavy (non-hydrogen) atoms. The Morgan fingerprint density at radius 1 is 1.00 bits per heavy atom. The third-order valence-electron chi connectivity index (χ3n) is 5.47. The first-order valence-electron chi connectivity index (χ1n) is 8.87. The molecule has 4 rings (SSSR count). The Kier molecular flexibility index (Phi) is 4.04. The molecule has 4 nitrogen and oxygen atoms in total. The van der Waals surface area contributed by atoms with Crippen molar-refractivity contribution in [2.45, 2.75) is 37.6 Å². The third-order valence-corrected chi connectivity index (χ3v) is 5.47. The SMILES string of the molecule is O=C(O)[C@H]1CCCN1C(=O)CCC1c2ccccc2-c2ccccc21. The second kappa shape index (κ2) is 6.36. The van der Waals surface area contributed by atoms with Crippen molar-refractivity contribution in [3.05, 3.63) is 59.7 Å². The molecule has 1 atom stereocenters. The summed E-state index contributed by atoms with van der Waals surface area (Å²) in [6.45, 7) is 0.563. The fourth-order valence-corrected chi connectivity index (χ4v) is 4.30. The van der Waals surface area contributed by atoms with Crippen LogP contribution in [-0.2, 0) is 9.59 Å². The van der Waals surface area contributed by atoms with E-state index in [0.29, 0.717) is 19.4 Å². The van der Waals surface area contributed by atoms with E-state index >= 15 is 0 Å². The predicted molar refractivity (Wildman–Crippen MR) is 95.3 cm³/mol. The highest BCUT2D eigenvalue weighted by molar-refractivity contribution is 5.85. The first-order chi connectivity index (χ1) is 12.2. The molecule has 2 aromatic carbocycles. The van der Waals surface area contributed by atoms with E-state index in [-0.39, 0.29) is 11.8 Å². The summed E-state index contributed by atoms with van der Waals surface area (Å²) in [5.74, 6) is -0.712. The van der Waals surface area contributed by atoms with Crippen molar-refractivity contribution in [3.63, 3.8) is 0 Å². The summed E-state index contributed by atoms with van der Waals surface area (Å²) in [7, 11) is 0. The monoisotopic (exact) mass is 335 g/mol. The molecule has 2 aliphatic rings. The molecule has 1 heterocycles. The van der Waals surface area contributed by atoms with Crippen LogP contribution in [0.25, 0.3) is 11.1 Å². The van der Waals surface area contributed by atoms with Gasteiger partial charge in [-0.2, -0.15) is 0 Å². The predicted octanol–water partition coefficient (Wildman–Crippen LogP) is 3.65. The van der Waals surface area contributed by atoms with E-state index in [1.54, 1.807) is 4.90 Å². The van der Waals surface area contributed by atoms with Crippen LogP contribution in [0, 0.1) is 0 Å². The smallest absolute Gasteiger partial charge is 0.326 e. The van der Waals surface area contributed by atoms with Gasteiger partial charge in [-0.1, -0.05) is 48.5 Å². The minimum Gasteiger partial charge on any atom is -0.480 e. The van der Waals surface area contributed by atoms with Crippen LogP contribution in [0.15, 0.2) is 48.5 Å². The molecule has 1 amide bonds. The molecule has 1 saturated heterocycles. The minimum atomic E-state index is -0.887. The number of amides is 1. The molecule has 0 spiro atoms. The minimum absolute atomic E-state index is 0.0354. The molecule has 1 N–H and O–H groups in total. The lowest BCUT2D eigenvalue weighted by atomic mass is 9.92. The van der Waals surface area contributed by atoms with Crippen LogP contribution in [0.4, 0.5) is 0 Å². The number of carboxylic acids is 1. The average Bonchev–Trinajstić information content (AvgIpc) is 3.23. The number of benzene rings is 2. The number of rotatable bonds is 4. The maximum absolute atomic E-state index is 12.6. The Labute approximate surface area is 147 Å². The summed E-state index contributed by atoms with van der Waals surface area (Å²) in [4.78, 5) is 25.5. The van der Waals surface area contributed by atoms with Crippen LogP contribution in [0.1, 0.15) is 42.7 Å². The molecule has 0 unspecified atom stereocenters. The van der Waals surface area contributed by atoms with Gasteiger partial charge in [0.05, 0.1) is 0 Å². The van der Waals surface area contributed by atoms with E-state index < -0.39 is 12.0 Å². The normalized spacial score (nSPS) is 18.9. The first-order valence-corrected chi connectivity index (χ1v) is 8.87. The number of likely N-dealkylation sites (tertiary alicyclic amines) is 1. The molecule has 128 valence electrons. The Morgan fingerprint density at radius 3 is 2.20 bits per heavy atom. The fourth-order valence-electron chi connectivity index (χ4n) is 4.30. The Hall–Kier alpha value is -2.62. The number of carboxylic acid groups (broad SMARTS) is 1. The van der Waals surface area contributed by atoms with Crippen LogP contribution in [0.5, 0.6) is 0 Å². The van der Waals surface area contributed by atoms with E-state index in [1.807, 2.05) is 24.3 Å². The van der Waals surface area contributed by atoms with Crippen molar-refractivity contribution in [3.8, 4) is 11.1 Å². The zero-order valence-corrected chi connectivity index (χ0v) is 14.0. The zero-order chi connectivity index (χ0) is 17.4. The molecule has 1 fully saturated rings. The number of aliphatic carboxylic acids is 1. The number of hydrogen-bond acceptors (Lipinski definition) is 2. The number of carbonyl (C=O) groups is 2. The second-order valence-corrected chi connectivity index (χ2v) is 6.85. The van der Waals surface area contributed by atoms with Gasteiger partial charge in [0, 0.05) is 18.9 Å². The topological polar surface area (TPSA) is 57.6 Å². The third kappa shape index (κ3) is 2.72. The van der Waals surface area contributed by atoms with Crippen LogP contribution in [-0.4, -0.2) is 34.5 Å². The van der Waals surface area contributed by atoms with E-state index in [4.69, 9.17) is 0 Å². The van der Waals surface area contributed by atoms with E-state index in [0.717, 1.165) is 12.8 Å². The van der Waals surface area contributed by atoms with Gasteiger partial charge >= 0.3 is 5.97 Å². The van der Waals surface area contributed by atoms with Crippen LogP contribution < -0.4 is 0 Å². The van der Waals surface area contributed by atoms with Crippen LogP contribution in [0.3, 0.4) is 0 Å². The summed E-state index contributed by atoms with van der Waals surface area (Å²) in [5.41, 5.74) is 5.04. The van der Waals surface area contributed by atoms with Gasteiger partial charge in [0.25, 0.3) is 0 Å². The van der Waals surface area contributed by atoms with Crippen molar-refractivity contribution in [1.29, 1.82) is 0 Å².